The van der Waals surface area contributed by atoms with E-state index in [-0.39, 0.29) is 6.61 Å². The maximum Gasteiger partial charge on any atom is 0.283 e. The van der Waals surface area contributed by atoms with Gasteiger partial charge in [0.2, 0.25) is 5.89 Å². The molecular weight excluding hydrogens is 454 g/mol. The lowest BCUT2D eigenvalue weighted by atomic mass is 9.88. The van der Waals surface area contributed by atoms with Crippen molar-refractivity contribution in [3.63, 3.8) is 0 Å². The number of furan rings is 1. The van der Waals surface area contributed by atoms with E-state index >= 15 is 0 Å². The Labute approximate surface area is 203 Å². The quantitative estimate of drug-likeness (QED) is 0.379. The number of aromatic nitrogens is 2. The molecule has 2 aromatic carbocycles. The second-order valence-corrected chi connectivity index (χ2v) is 9.36. The van der Waals surface area contributed by atoms with E-state index in [2.05, 4.69) is 27.2 Å². The highest BCUT2D eigenvalue weighted by Crippen LogP contribution is 2.33. The lowest BCUT2D eigenvalue weighted by molar-refractivity contribution is 0.0599. The fraction of sp³-hybridized carbons (Fsp3) is 0.385. The number of nitrogens with zero attached hydrogens (tertiary/aromatic N) is 3. The molecule has 7 nitrogen and oxygen atoms in total. The number of fused-ring (bicyclic) bond motifs is 1. The summed E-state index contributed by atoms with van der Waals surface area (Å²) in [4.78, 5) is 2.31. The van der Waals surface area contributed by atoms with Gasteiger partial charge in [-0.05, 0) is 68.1 Å². The van der Waals surface area contributed by atoms with Crippen molar-refractivity contribution in [2.24, 2.45) is 0 Å². The monoisotopic (exact) mass is 481 g/mol. The molecule has 0 aliphatic carbocycles. The van der Waals surface area contributed by atoms with Crippen LogP contribution < -0.4 is 4.74 Å². The van der Waals surface area contributed by atoms with Gasteiger partial charge in [-0.2, -0.15) is 0 Å². The van der Waals surface area contributed by atoms with Crippen molar-refractivity contribution in [1.82, 2.24) is 15.1 Å². The van der Waals surface area contributed by atoms with Crippen LogP contribution in [0.4, 0.5) is 0 Å². The number of rotatable bonds is 7. The molecule has 34 heavy (non-hydrogen) atoms. The SMILES string of the molecule is Cc1nnc(-c2cc3c(OC[C@@H](O)CN4CCC(c5ccc(Cl)c(C)c5)CC4)cccc3o2)o1. The van der Waals surface area contributed by atoms with Gasteiger partial charge in [-0.25, -0.2) is 0 Å². The number of aryl methyl sites for hydroxylation is 2. The molecule has 0 spiro atoms. The molecule has 1 saturated heterocycles. The number of benzene rings is 2. The van der Waals surface area contributed by atoms with Crippen LogP contribution in [-0.2, 0) is 0 Å². The first-order valence-corrected chi connectivity index (χ1v) is 12.0. The van der Waals surface area contributed by atoms with Crippen molar-refractivity contribution < 1.29 is 18.7 Å². The Balaban J connectivity index is 1.16. The molecule has 0 unspecified atom stereocenters. The van der Waals surface area contributed by atoms with Crippen LogP contribution in [0.1, 0.15) is 35.8 Å². The Bertz CT molecular complexity index is 1280. The molecule has 1 fully saturated rings. The van der Waals surface area contributed by atoms with Crippen LogP contribution in [0, 0.1) is 13.8 Å². The molecule has 3 heterocycles. The Morgan fingerprint density at radius 3 is 2.68 bits per heavy atom. The number of ether oxygens (including phenoxy) is 1. The van der Waals surface area contributed by atoms with Crippen LogP contribution in [0.2, 0.25) is 5.02 Å². The highest BCUT2D eigenvalue weighted by molar-refractivity contribution is 6.31. The molecule has 0 saturated carbocycles. The molecule has 1 aliphatic heterocycles. The molecule has 0 radical (unpaired) electrons. The van der Waals surface area contributed by atoms with Crippen LogP contribution in [0.15, 0.2) is 51.3 Å². The predicted octanol–water partition coefficient (Wildman–Crippen LogP) is 5.37. The summed E-state index contributed by atoms with van der Waals surface area (Å²) >= 11 is 6.17. The number of halogens is 1. The Morgan fingerprint density at radius 1 is 1.12 bits per heavy atom. The zero-order chi connectivity index (χ0) is 23.7. The molecule has 5 rings (SSSR count). The average molecular weight is 482 g/mol. The summed E-state index contributed by atoms with van der Waals surface area (Å²) in [6.45, 7) is 6.47. The number of hydrogen-bond donors (Lipinski definition) is 1. The summed E-state index contributed by atoms with van der Waals surface area (Å²) < 4.78 is 17.3. The van der Waals surface area contributed by atoms with Gasteiger partial charge in [0.25, 0.3) is 5.89 Å². The van der Waals surface area contributed by atoms with E-state index in [9.17, 15) is 5.11 Å². The van der Waals surface area contributed by atoms with Crippen LogP contribution in [0.25, 0.3) is 22.6 Å². The average Bonchev–Trinajstić information content (AvgIpc) is 3.46. The number of piperidine rings is 1. The minimum Gasteiger partial charge on any atom is -0.490 e. The number of likely N-dealkylation sites (tertiary alicyclic amines) is 1. The van der Waals surface area contributed by atoms with Crippen molar-refractivity contribution in [2.45, 2.75) is 38.7 Å². The lowest BCUT2D eigenvalue weighted by Gasteiger charge is -2.33. The van der Waals surface area contributed by atoms with E-state index in [0.29, 0.717) is 41.3 Å². The lowest BCUT2D eigenvalue weighted by Crippen LogP contribution is -2.40. The Morgan fingerprint density at radius 2 is 1.94 bits per heavy atom. The second kappa shape index (κ2) is 9.78. The first-order valence-electron chi connectivity index (χ1n) is 11.6. The predicted molar refractivity (Wildman–Crippen MR) is 130 cm³/mol. The van der Waals surface area contributed by atoms with Crippen LogP contribution >= 0.6 is 11.6 Å². The molecule has 1 N–H and O–H groups in total. The summed E-state index contributed by atoms with van der Waals surface area (Å²) in [6.07, 6.45) is 1.55. The minimum atomic E-state index is -0.588. The Kier molecular flexibility index (Phi) is 6.59. The van der Waals surface area contributed by atoms with Gasteiger partial charge in [-0.1, -0.05) is 29.8 Å². The van der Waals surface area contributed by atoms with E-state index < -0.39 is 6.10 Å². The van der Waals surface area contributed by atoms with Crippen LogP contribution in [-0.4, -0.2) is 52.5 Å². The highest BCUT2D eigenvalue weighted by Gasteiger charge is 2.23. The molecule has 0 bridgehead atoms. The summed E-state index contributed by atoms with van der Waals surface area (Å²) in [5.41, 5.74) is 3.15. The zero-order valence-electron chi connectivity index (χ0n) is 19.3. The van der Waals surface area contributed by atoms with Crippen molar-refractivity contribution in [3.05, 3.63) is 64.5 Å². The van der Waals surface area contributed by atoms with Gasteiger partial charge in [0, 0.05) is 24.6 Å². The molecule has 1 aliphatic rings. The number of hydrogen-bond acceptors (Lipinski definition) is 7. The van der Waals surface area contributed by atoms with Crippen molar-refractivity contribution in [3.8, 4) is 17.4 Å². The topological polar surface area (TPSA) is 84.8 Å². The fourth-order valence-electron chi connectivity index (χ4n) is 4.57. The van der Waals surface area contributed by atoms with Crippen molar-refractivity contribution in [2.75, 3.05) is 26.2 Å². The smallest absolute Gasteiger partial charge is 0.283 e. The van der Waals surface area contributed by atoms with E-state index in [0.717, 1.165) is 41.9 Å². The highest BCUT2D eigenvalue weighted by atomic mass is 35.5. The third-order valence-electron chi connectivity index (χ3n) is 6.40. The molecule has 0 amide bonds. The second-order valence-electron chi connectivity index (χ2n) is 8.95. The summed E-state index contributed by atoms with van der Waals surface area (Å²) in [5, 5.41) is 20.1. The summed E-state index contributed by atoms with van der Waals surface area (Å²) in [6, 6.07) is 13.7. The molecular formula is C26H28ClN3O4. The standard InChI is InChI=1S/C26H28ClN3O4/c1-16-12-19(6-7-22(16)27)18-8-10-30(11-9-18)14-20(31)15-32-23-4-3-5-24-21(23)13-25(34-24)26-29-28-17(2)33-26/h3-7,12-13,18,20,31H,8-11,14-15H2,1-2H3/t20-/m0/s1. The maximum atomic E-state index is 10.6. The van der Waals surface area contributed by atoms with Gasteiger partial charge in [0.1, 0.15) is 24.0 Å². The first kappa shape index (κ1) is 22.9. The summed E-state index contributed by atoms with van der Waals surface area (Å²) in [7, 11) is 0. The van der Waals surface area contributed by atoms with Crippen LogP contribution in [0.3, 0.4) is 0 Å². The zero-order valence-corrected chi connectivity index (χ0v) is 20.1. The number of aliphatic hydroxyl groups is 1. The van der Waals surface area contributed by atoms with E-state index in [1.165, 1.54) is 5.56 Å². The third kappa shape index (κ3) is 4.97. The number of aliphatic hydroxyl groups excluding tert-OH is 1. The molecule has 178 valence electrons. The van der Waals surface area contributed by atoms with Crippen LogP contribution in [0.5, 0.6) is 5.75 Å². The van der Waals surface area contributed by atoms with E-state index in [1.54, 1.807) is 6.92 Å². The van der Waals surface area contributed by atoms with Gasteiger partial charge < -0.3 is 23.6 Å². The largest absolute Gasteiger partial charge is 0.490 e. The first-order chi connectivity index (χ1) is 16.5. The molecule has 1 atom stereocenters. The van der Waals surface area contributed by atoms with E-state index in [4.69, 9.17) is 25.2 Å². The van der Waals surface area contributed by atoms with Gasteiger partial charge in [0.15, 0.2) is 5.76 Å². The Hall–Kier alpha value is -2.87. The van der Waals surface area contributed by atoms with Gasteiger partial charge in [0.05, 0.1) is 5.39 Å². The van der Waals surface area contributed by atoms with Gasteiger partial charge >= 0.3 is 0 Å². The maximum absolute atomic E-state index is 10.6. The van der Waals surface area contributed by atoms with E-state index in [1.807, 2.05) is 37.3 Å². The third-order valence-corrected chi connectivity index (χ3v) is 6.82. The molecule has 8 heteroatoms. The molecule has 4 aromatic rings. The fourth-order valence-corrected chi connectivity index (χ4v) is 4.69. The number of β-amino-alcohol motifs (C(OH)–C–C–N with tert-alkyl or cyclic N) is 1. The van der Waals surface area contributed by atoms with Crippen molar-refractivity contribution >= 4 is 22.6 Å². The minimum absolute atomic E-state index is 0.204. The normalized spacial score (nSPS) is 16.2. The van der Waals surface area contributed by atoms with Crippen molar-refractivity contribution in [1.29, 1.82) is 0 Å². The molecule has 2 aromatic heterocycles. The summed E-state index contributed by atoms with van der Waals surface area (Å²) in [5.74, 6) is 2.49. The van der Waals surface area contributed by atoms with Gasteiger partial charge in [-0.15, -0.1) is 10.2 Å². The van der Waals surface area contributed by atoms with Gasteiger partial charge in [-0.3, -0.25) is 0 Å².